The Morgan fingerprint density at radius 1 is 1.10 bits per heavy atom. The maximum Gasteiger partial charge on any atom is 0.123 e. The van der Waals surface area contributed by atoms with Crippen LogP contribution in [0.15, 0.2) is 48.5 Å². The first-order valence-corrected chi connectivity index (χ1v) is 11.1. The molecule has 0 bridgehead atoms. The molecule has 2 saturated heterocycles. The van der Waals surface area contributed by atoms with Crippen molar-refractivity contribution in [2.75, 3.05) is 26.2 Å². The van der Waals surface area contributed by atoms with Gasteiger partial charge in [-0.05, 0) is 66.8 Å². The van der Waals surface area contributed by atoms with E-state index in [1.807, 2.05) is 6.07 Å². The number of rotatable bonds is 3. The van der Waals surface area contributed by atoms with E-state index in [0.29, 0.717) is 5.92 Å². The lowest BCUT2D eigenvalue weighted by Crippen LogP contribution is -2.52. The average molecular weight is 395 g/mol. The predicted octanol–water partition coefficient (Wildman–Crippen LogP) is 3.82. The van der Waals surface area contributed by atoms with Crippen molar-refractivity contribution in [3.05, 3.63) is 71.0 Å². The van der Waals surface area contributed by atoms with Gasteiger partial charge in [0.05, 0.1) is 0 Å². The highest BCUT2D eigenvalue weighted by molar-refractivity contribution is 5.40. The van der Waals surface area contributed by atoms with Crippen molar-refractivity contribution in [1.82, 2.24) is 10.2 Å². The molecular formula is C25H31FN2O. The Morgan fingerprint density at radius 2 is 1.90 bits per heavy atom. The molecule has 2 N–H and O–H groups in total. The summed E-state index contributed by atoms with van der Waals surface area (Å²) in [6.45, 7) is 3.58. The van der Waals surface area contributed by atoms with E-state index in [1.165, 1.54) is 11.1 Å². The summed E-state index contributed by atoms with van der Waals surface area (Å²) in [5.74, 6) is 0.598. The predicted molar refractivity (Wildman–Crippen MR) is 113 cm³/mol. The number of halogens is 1. The Bertz CT molecular complexity index is 849. The highest BCUT2D eigenvalue weighted by atomic mass is 19.1. The van der Waals surface area contributed by atoms with Crippen LogP contribution in [0.1, 0.15) is 48.3 Å². The van der Waals surface area contributed by atoms with E-state index in [4.69, 9.17) is 0 Å². The fourth-order valence-electron chi connectivity index (χ4n) is 6.20. The van der Waals surface area contributed by atoms with E-state index in [-0.39, 0.29) is 17.2 Å². The molecule has 5 rings (SSSR count). The minimum absolute atomic E-state index is 0.0724. The molecule has 3 nitrogen and oxygen atoms in total. The monoisotopic (exact) mass is 394 g/mol. The van der Waals surface area contributed by atoms with Gasteiger partial charge < -0.3 is 10.4 Å². The standard InChI is InChI=1S/C25H31FN2O/c26-21-8-9-22-20(15-21)7-4-12-25(22)17-27-16-23(25)24(29)28-13-10-19(11-14-28)18-5-2-1-3-6-18/h1-3,5-6,8-9,15,19,23-24,27,29H,4,7,10-14,16-17H2/t23-,24?,25?/m0/s1. The van der Waals surface area contributed by atoms with Crippen molar-refractivity contribution in [2.24, 2.45) is 5.92 Å². The molecule has 2 fully saturated rings. The minimum Gasteiger partial charge on any atom is -0.378 e. The maximum atomic E-state index is 13.8. The van der Waals surface area contributed by atoms with Gasteiger partial charge in [0, 0.05) is 37.5 Å². The second kappa shape index (κ2) is 7.82. The van der Waals surface area contributed by atoms with Crippen LogP contribution in [-0.4, -0.2) is 42.4 Å². The zero-order valence-corrected chi connectivity index (χ0v) is 17.0. The zero-order valence-electron chi connectivity index (χ0n) is 17.0. The molecule has 2 aliphatic heterocycles. The van der Waals surface area contributed by atoms with Gasteiger partial charge in [-0.1, -0.05) is 36.4 Å². The summed E-state index contributed by atoms with van der Waals surface area (Å²) in [5.41, 5.74) is 3.75. The lowest BCUT2D eigenvalue weighted by atomic mass is 9.63. The molecule has 2 aromatic rings. The van der Waals surface area contributed by atoms with E-state index in [1.54, 1.807) is 12.1 Å². The van der Waals surface area contributed by atoms with Crippen molar-refractivity contribution in [1.29, 1.82) is 0 Å². The Kier molecular flexibility index (Phi) is 5.19. The van der Waals surface area contributed by atoms with Crippen LogP contribution in [0.3, 0.4) is 0 Å². The van der Waals surface area contributed by atoms with E-state index >= 15 is 0 Å². The van der Waals surface area contributed by atoms with Crippen molar-refractivity contribution >= 4 is 0 Å². The Labute approximate surface area is 172 Å². The summed E-state index contributed by atoms with van der Waals surface area (Å²) >= 11 is 0. The minimum atomic E-state index is -0.447. The summed E-state index contributed by atoms with van der Waals surface area (Å²) in [5, 5.41) is 15.0. The van der Waals surface area contributed by atoms with Gasteiger partial charge in [0.25, 0.3) is 0 Å². The highest BCUT2D eigenvalue weighted by Crippen LogP contribution is 2.47. The molecule has 2 heterocycles. The molecule has 0 amide bonds. The lowest BCUT2D eigenvalue weighted by Gasteiger charge is -2.45. The van der Waals surface area contributed by atoms with E-state index < -0.39 is 6.23 Å². The SMILES string of the molecule is OC([C@@H]1CNCC12CCCc1cc(F)ccc12)N1CCC(c2ccccc2)CC1. The molecule has 1 spiro atoms. The van der Waals surface area contributed by atoms with Crippen molar-refractivity contribution in [2.45, 2.75) is 49.7 Å². The van der Waals surface area contributed by atoms with Crippen LogP contribution in [0.25, 0.3) is 0 Å². The average Bonchev–Trinajstić information content (AvgIpc) is 3.18. The van der Waals surface area contributed by atoms with Gasteiger partial charge in [0.15, 0.2) is 0 Å². The Morgan fingerprint density at radius 3 is 2.69 bits per heavy atom. The first-order chi connectivity index (χ1) is 14.2. The topological polar surface area (TPSA) is 35.5 Å². The molecule has 2 aromatic carbocycles. The molecular weight excluding hydrogens is 363 g/mol. The fourth-order valence-corrected chi connectivity index (χ4v) is 6.20. The molecule has 1 aliphatic carbocycles. The smallest absolute Gasteiger partial charge is 0.123 e. The van der Waals surface area contributed by atoms with E-state index in [9.17, 15) is 9.50 Å². The molecule has 4 heteroatoms. The number of aliphatic hydroxyl groups is 1. The number of aryl methyl sites for hydroxylation is 1. The van der Waals surface area contributed by atoms with E-state index in [2.05, 4.69) is 40.5 Å². The van der Waals surface area contributed by atoms with Crippen LogP contribution in [0, 0.1) is 11.7 Å². The van der Waals surface area contributed by atoms with Gasteiger partial charge in [-0.2, -0.15) is 0 Å². The van der Waals surface area contributed by atoms with Gasteiger partial charge in [-0.25, -0.2) is 4.39 Å². The van der Waals surface area contributed by atoms with Crippen LogP contribution in [-0.2, 0) is 11.8 Å². The third kappa shape index (κ3) is 3.41. The number of likely N-dealkylation sites (tertiary alicyclic amines) is 1. The number of hydrogen-bond donors (Lipinski definition) is 2. The molecule has 2 unspecified atom stereocenters. The number of fused-ring (bicyclic) bond motifs is 2. The Balaban J connectivity index is 1.34. The molecule has 3 atom stereocenters. The van der Waals surface area contributed by atoms with Crippen molar-refractivity contribution < 1.29 is 9.50 Å². The van der Waals surface area contributed by atoms with Crippen LogP contribution in [0.5, 0.6) is 0 Å². The third-order valence-electron chi connectivity index (χ3n) is 7.72. The zero-order chi connectivity index (χ0) is 19.8. The number of nitrogens with zero attached hydrogens (tertiary/aromatic N) is 1. The molecule has 3 aliphatic rings. The second-order valence-corrected chi connectivity index (χ2v) is 9.18. The second-order valence-electron chi connectivity index (χ2n) is 9.18. The first-order valence-electron chi connectivity index (χ1n) is 11.1. The normalized spacial score (nSPS) is 29.1. The van der Waals surface area contributed by atoms with Crippen LogP contribution in [0.2, 0.25) is 0 Å². The summed E-state index contributed by atoms with van der Waals surface area (Å²) in [6.07, 6.45) is 4.82. The van der Waals surface area contributed by atoms with Gasteiger partial charge >= 0.3 is 0 Å². The summed E-state index contributed by atoms with van der Waals surface area (Å²) in [6, 6.07) is 16.1. The maximum absolute atomic E-state index is 13.8. The molecule has 154 valence electrons. The quantitative estimate of drug-likeness (QED) is 0.831. The summed E-state index contributed by atoms with van der Waals surface area (Å²) in [4.78, 5) is 2.29. The number of nitrogens with one attached hydrogen (secondary N) is 1. The van der Waals surface area contributed by atoms with Crippen molar-refractivity contribution in [3.8, 4) is 0 Å². The van der Waals surface area contributed by atoms with E-state index in [0.717, 1.165) is 63.8 Å². The highest BCUT2D eigenvalue weighted by Gasteiger charge is 2.50. The molecule has 0 saturated carbocycles. The summed E-state index contributed by atoms with van der Waals surface area (Å²) in [7, 11) is 0. The lowest BCUT2D eigenvalue weighted by molar-refractivity contribution is -0.0654. The van der Waals surface area contributed by atoms with Gasteiger partial charge in [-0.3, -0.25) is 4.90 Å². The molecule has 0 radical (unpaired) electrons. The fraction of sp³-hybridized carbons (Fsp3) is 0.520. The number of aliphatic hydroxyl groups excluding tert-OH is 1. The Hall–Kier alpha value is -1.75. The number of piperidine rings is 1. The van der Waals surface area contributed by atoms with Gasteiger partial charge in [-0.15, -0.1) is 0 Å². The van der Waals surface area contributed by atoms with Crippen LogP contribution in [0.4, 0.5) is 4.39 Å². The number of benzene rings is 2. The van der Waals surface area contributed by atoms with Gasteiger partial charge in [0.2, 0.25) is 0 Å². The largest absolute Gasteiger partial charge is 0.378 e. The third-order valence-corrected chi connectivity index (χ3v) is 7.72. The molecule has 0 aromatic heterocycles. The van der Waals surface area contributed by atoms with Gasteiger partial charge in [0.1, 0.15) is 12.0 Å². The van der Waals surface area contributed by atoms with Crippen LogP contribution < -0.4 is 5.32 Å². The molecule has 29 heavy (non-hydrogen) atoms. The summed E-state index contributed by atoms with van der Waals surface area (Å²) < 4.78 is 13.8. The van der Waals surface area contributed by atoms with Crippen molar-refractivity contribution in [3.63, 3.8) is 0 Å². The first kappa shape index (κ1) is 19.2. The number of hydrogen-bond acceptors (Lipinski definition) is 3. The van der Waals surface area contributed by atoms with Crippen LogP contribution >= 0.6 is 0 Å².